The highest BCUT2D eigenvalue weighted by Gasteiger charge is 2.22. The van der Waals surface area contributed by atoms with Crippen LogP contribution < -0.4 is 0 Å². The molecular weight excluding hydrogens is 360 g/mol. The first-order valence-corrected chi connectivity index (χ1v) is 10.3. The van der Waals surface area contributed by atoms with Gasteiger partial charge in [0.2, 0.25) is 0 Å². The van der Waals surface area contributed by atoms with Crippen molar-refractivity contribution in [1.82, 2.24) is 14.2 Å². The van der Waals surface area contributed by atoms with E-state index in [1.807, 2.05) is 24.4 Å². The van der Waals surface area contributed by atoms with Crippen LogP contribution in [0.15, 0.2) is 60.9 Å². The summed E-state index contributed by atoms with van der Waals surface area (Å²) in [7, 11) is 0. The zero-order valence-corrected chi connectivity index (χ0v) is 17.0. The van der Waals surface area contributed by atoms with Gasteiger partial charge >= 0.3 is 0 Å². The fraction of sp³-hybridized carbons (Fsp3) is 0.375. The topological polar surface area (TPSA) is 43.9 Å². The molecule has 1 unspecified atom stereocenters. The van der Waals surface area contributed by atoms with E-state index in [4.69, 9.17) is 4.74 Å². The molecule has 0 aliphatic carbocycles. The Morgan fingerprint density at radius 2 is 1.83 bits per heavy atom. The summed E-state index contributed by atoms with van der Waals surface area (Å²) in [5, 5.41) is 9.80. The Bertz CT molecular complexity index is 969. The van der Waals surface area contributed by atoms with Crippen LogP contribution in [0.1, 0.15) is 23.6 Å². The van der Waals surface area contributed by atoms with Crippen molar-refractivity contribution in [2.24, 2.45) is 0 Å². The first-order valence-electron chi connectivity index (χ1n) is 10.3. The Balaban J connectivity index is 1.58. The second kappa shape index (κ2) is 9.23. The van der Waals surface area contributed by atoms with Crippen LogP contribution in [0.2, 0.25) is 0 Å². The number of pyridine rings is 1. The third-order valence-electron chi connectivity index (χ3n) is 5.73. The number of ether oxygens (including phenoxy) is 1. The average Bonchev–Trinajstić information content (AvgIpc) is 3.11. The van der Waals surface area contributed by atoms with Gasteiger partial charge < -0.3 is 9.14 Å². The van der Waals surface area contributed by atoms with Gasteiger partial charge in [-0.15, -0.1) is 0 Å². The molecule has 0 amide bonds. The summed E-state index contributed by atoms with van der Waals surface area (Å²) in [5.74, 6) is 0. The Kier molecular flexibility index (Phi) is 6.26. The van der Waals surface area contributed by atoms with Crippen LogP contribution in [-0.4, -0.2) is 53.1 Å². The number of hydrogen-bond donors (Lipinski definition) is 0. The lowest BCUT2D eigenvalue weighted by Gasteiger charge is -2.35. The van der Waals surface area contributed by atoms with Gasteiger partial charge in [-0.3, -0.25) is 9.80 Å². The third kappa shape index (κ3) is 4.68. The highest BCUT2D eigenvalue weighted by Crippen LogP contribution is 2.22. The monoisotopic (exact) mass is 388 g/mol. The van der Waals surface area contributed by atoms with Crippen molar-refractivity contribution < 1.29 is 4.74 Å². The highest BCUT2D eigenvalue weighted by atomic mass is 16.5. The molecule has 3 heterocycles. The second-order valence-electron chi connectivity index (χ2n) is 7.79. The fourth-order valence-electron chi connectivity index (χ4n) is 4.10. The maximum absolute atomic E-state index is 9.80. The van der Waals surface area contributed by atoms with Crippen LogP contribution in [-0.2, 0) is 17.8 Å². The van der Waals surface area contributed by atoms with Crippen LogP contribution in [0, 0.1) is 11.3 Å². The first kappa shape index (κ1) is 19.7. The number of benzene rings is 1. The second-order valence-corrected chi connectivity index (χ2v) is 7.79. The van der Waals surface area contributed by atoms with Crippen molar-refractivity contribution in [2.75, 3.05) is 32.8 Å². The van der Waals surface area contributed by atoms with Gasteiger partial charge in [0.15, 0.2) is 0 Å². The Hall–Kier alpha value is -2.65. The van der Waals surface area contributed by atoms with Gasteiger partial charge in [0.05, 0.1) is 24.3 Å². The van der Waals surface area contributed by atoms with Crippen LogP contribution in [0.4, 0.5) is 0 Å². The SMILES string of the molecule is CC(CN1CCOCC1)N(Cc1ccccc1)Cc1cn2ccccc2c1C#N. The van der Waals surface area contributed by atoms with E-state index in [2.05, 4.69) is 63.7 Å². The highest BCUT2D eigenvalue weighted by molar-refractivity contribution is 5.65. The van der Waals surface area contributed by atoms with Crippen LogP contribution in [0.25, 0.3) is 5.52 Å². The molecule has 4 rings (SSSR count). The van der Waals surface area contributed by atoms with E-state index in [0.717, 1.165) is 62.6 Å². The van der Waals surface area contributed by atoms with Crippen molar-refractivity contribution in [3.63, 3.8) is 0 Å². The lowest BCUT2D eigenvalue weighted by Crippen LogP contribution is -2.45. The molecule has 3 aromatic rings. The minimum atomic E-state index is 0.364. The van der Waals surface area contributed by atoms with Crippen molar-refractivity contribution in [3.05, 3.63) is 77.6 Å². The number of rotatable bonds is 7. The molecule has 1 aliphatic rings. The first-order chi connectivity index (χ1) is 14.2. The molecule has 5 heteroatoms. The van der Waals surface area contributed by atoms with Crippen molar-refractivity contribution >= 4 is 5.52 Å². The van der Waals surface area contributed by atoms with Gasteiger partial charge in [0.1, 0.15) is 6.07 Å². The molecule has 0 radical (unpaired) electrons. The Morgan fingerprint density at radius 3 is 2.59 bits per heavy atom. The number of fused-ring (bicyclic) bond motifs is 1. The predicted octanol–water partition coefficient (Wildman–Crippen LogP) is 3.53. The van der Waals surface area contributed by atoms with Crippen LogP contribution >= 0.6 is 0 Å². The molecule has 0 bridgehead atoms. The van der Waals surface area contributed by atoms with Crippen molar-refractivity contribution in [1.29, 1.82) is 5.26 Å². The summed E-state index contributed by atoms with van der Waals surface area (Å²) >= 11 is 0. The third-order valence-corrected chi connectivity index (χ3v) is 5.73. The predicted molar refractivity (Wildman–Crippen MR) is 115 cm³/mol. The molecule has 1 aliphatic heterocycles. The smallest absolute Gasteiger partial charge is 0.102 e. The summed E-state index contributed by atoms with van der Waals surface area (Å²) < 4.78 is 7.56. The minimum Gasteiger partial charge on any atom is -0.379 e. The molecule has 29 heavy (non-hydrogen) atoms. The minimum absolute atomic E-state index is 0.364. The largest absolute Gasteiger partial charge is 0.379 e. The molecule has 5 nitrogen and oxygen atoms in total. The summed E-state index contributed by atoms with van der Waals surface area (Å²) in [6.07, 6.45) is 4.12. The zero-order chi connectivity index (χ0) is 20.1. The summed E-state index contributed by atoms with van der Waals surface area (Å²) in [6, 6.07) is 19.4. The quantitative estimate of drug-likeness (QED) is 0.621. The van der Waals surface area contributed by atoms with Gasteiger partial charge in [-0.2, -0.15) is 5.26 Å². The van der Waals surface area contributed by atoms with E-state index < -0.39 is 0 Å². The van der Waals surface area contributed by atoms with Crippen molar-refractivity contribution in [3.8, 4) is 6.07 Å². The van der Waals surface area contributed by atoms with Crippen molar-refractivity contribution in [2.45, 2.75) is 26.1 Å². The number of aromatic nitrogens is 1. The maximum atomic E-state index is 9.80. The van der Waals surface area contributed by atoms with Gasteiger partial charge in [0.25, 0.3) is 0 Å². The summed E-state index contributed by atoms with van der Waals surface area (Å²) in [4.78, 5) is 4.97. The number of morpholine rings is 1. The number of hydrogen-bond acceptors (Lipinski definition) is 4. The maximum Gasteiger partial charge on any atom is 0.102 e. The van der Waals surface area contributed by atoms with E-state index in [9.17, 15) is 5.26 Å². The molecule has 0 saturated carbocycles. The molecule has 0 spiro atoms. The Labute approximate surface area is 172 Å². The van der Waals surface area contributed by atoms with Gasteiger partial charge in [-0.1, -0.05) is 36.4 Å². The molecule has 1 fully saturated rings. The van der Waals surface area contributed by atoms with E-state index in [-0.39, 0.29) is 0 Å². The fourth-order valence-corrected chi connectivity index (χ4v) is 4.10. The molecule has 150 valence electrons. The lowest BCUT2D eigenvalue weighted by molar-refractivity contribution is 0.0226. The lowest BCUT2D eigenvalue weighted by atomic mass is 10.1. The number of nitrogens with zero attached hydrogens (tertiary/aromatic N) is 4. The average molecular weight is 389 g/mol. The van der Waals surface area contributed by atoms with E-state index in [1.165, 1.54) is 5.56 Å². The Morgan fingerprint density at radius 1 is 1.07 bits per heavy atom. The summed E-state index contributed by atoms with van der Waals surface area (Å²) in [6.45, 7) is 8.52. The molecule has 1 saturated heterocycles. The number of nitriles is 1. The normalized spacial score (nSPS) is 16.2. The summed E-state index contributed by atoms with van der Waals surface area (Å²) in [5.41, 5.74) is 4.14. The van der Waals surface area contributed by atoms with Crippen LogP contribution in [0.3, 0.4) is 0 Å². The van der Waals surface area contributed by atoms with E-state index >= 15 is 0 Å². The zero-order valence-electron chi connectivity index (χ0n) is 17.0. The van der Waals surface area contributed by atoms with Gasteiger partial charge in [-0.25, -0.2) is 0 Å². The molecule has 0 N–H and O–H groups in total. The molecule has 1 aromatic carbocycles. The van der Waals surface area contributed by atoms with E-state index in [1.54, 1.807) is 0 Å². The standard InChI is InChI=1S/C24H28N4O/c1-20(16-26-11-13-29-14-12-26)28(17-21-7-3-2-4-8-21)19-22-18-27-10-6-5-9-24(27)23(22)15-25/h2-10,18,20H,11-14,16-17,19H2,1H3. The van der Waals surface area contributed by atoms with E-state index in [0.29, 0.717) is 6.04 Å². The molecular formula is C24H28N4O. The van der Waals surface area contributed by atoms with Gasteiger partial charge in [-0.05, 0) is 24.6 Å². The van der Waals surface area contributed by atoms with Gasteiger partial charge in [0, 0.05) is 56.7 Å². The molecule has 2 aromatic heterocycles. The molecule has 1 atom stereocenters. The van der Waals surface area contributed by atoms with Crippen LogP contribution in [0.5, 0.6) is 0 Å².